The predicted octanol–water partition coefficient (Wildman–Crippen LogP) is -1.75. The maximum atomic E-state index is 11.9. The van der Waals surface area contributed by atoms with E-state index in [0.717, 1.165) is 0 Å². The fourth-order valence-electron chi connectivity index (χ4n) is 0.371. The van der Waals surface area contributed by atoms with Gasteiger partial charge in [-0.1, -0.05) is 0 Å². The van der Waals surface area contributed by atoms with E-state index in [1.807, 2.05) is 0 Å². The Labute approximate surface area is 76.0 Å². The SMILES string of the molecule is Fc1[c-]cccc1.[Cl-].[Mg+2]. The van der Waals surface area contributed by atoms with E-state index in [9.17, 15) is 4.39 Å². The number of benzene rings is 1. The van der Waals surface area contributed by atoms with Crippen LogP contribution in [0.1, 0.15) is 0 Å². The minimum atomic E-state index is -0.303. The van der Waals surface area contributed by atoms with Crippen LogP contribution < -0.4 is 12.4 Å². The molecule has 0 N–H and O–H groups in total. The van der Waals surface area contributed by atoms with Crippen LogP contribution in [-0.4, -0.2) is 23.1 Å². The predicted molar refractivity (Wildman–Crippen MR) is 31.0 cm³/mol. The molecule has 1 aromatic carbocycles. The summed E-state index contributed by atoms with van der Waals surface area (Å²) in [5.41, 5.74) is 0. The fraction of sp³-hybridized carbons (Fsp3) is 0. The van der Waals surface area contributed by atoms with Crippen molar-refractivity contribution in [1.82, 2.24) is 0 Å². The quantitative estimate of drug-likeness (QED) is 0.307. The summed E-state index contributed by atoms with van der Waals surface area (Å²) in [7, 11) is 0. The van der Waals surface area contributed by atoms with E-state index in [-0.39, 0.29) is 41.3 Å². The molecule has 0 atom stereocenters. The van der Waals surface area contributed by atoms with Crippen molar-refractivity contribution >= 4 is 23.1 Å². The molecule has 0 heterocycles. The van der Waals surface area contributed by atoms with Crippen LogP contribution in [0.15, 0.2) is 24.3 Å². The van der Waals surface area contributed by atoms with Gasteiger partial charge in [0.2, 0.25) is 0 Å². The molecular weight excluding hydrogens is 151 g/mol. The van der Waals surface area contributed by atoms with Crippen LogP contribution in [0.4, 0.5) is 4.39 Å². The molecular formula is C6H4ClFMg. The molecule has 0 amide bonds. The topological polar surface area (TPSA) is 0 Å². The van der Waals surface area contributed by atoms with Gasteiger partial charge < -0.3 is 12.4 Å². The van der Waals surface area contributed by atoms with Crippen molar-refractivity contribution in [3.8, 4) is 0 Å². The molecule has 9 heavy (non-hydrogen) atoms. The van der Waals surface area contributed by atoms with Crippen molar-refractivity contribution in [2.45, 2.75) is 0 Å². The van der Waals surface area contributed by atoms with E-state index in [0.29, 0.717) is 0 Å². The largest absolute Gasteiger partial charge is 2.00 e. The zero-order chi connectivity index (χ0) is 5.11. The monoisotopic (exact) mass is 154 g/mol. The first-order valence-electron chi connectivity index (χ1n) is 2.02. The molecule has 1 rings (SSSR count). The van der Waals surface area contributed by atoms with Gasteiger partial charge in [0.15, 0.2) is 0 Å². The van der Waals surface area contributed by atoms with Gasteiger partial charge in [-0.15, -0.1) is 12.1 Å². The second kappa shape index (κ2) is 6.33. The van der Waals surface area contributed by atoms with Crippen molar-refractivity contribution in [3.05, 3.63) is 36.1 Å². The zero-order valence-corrected chi connectivity index (χ0v) is 6.94. The second-order valence-corrected chi connectivity index (χ2v) is 1.21. The Morgan fingerprint density at radius 2 is 2.00 bits per heavy atom. The first kappa shape index (κ1) is 11.9. The van der Waals surface area contributed by atoms with Gasteiger partial charge in [0, 0.05) is 5.82 Å². The number of hydrogen-bond donors (Lipinski definition) is 0. The molecule has 0 spiro atoms. The molecule has 44 valence electrons. The van der Waals surface area contributed by atoms with E-state index in [2.05, 4.69) is 6.07 Å². The van der Waals surface area contributed by atoms with Gasteiger partial charge in [0.05, 0.1) is 0 Å². The average Bonchev–Trinajstić information content (AvgIpc) is 1.69. The molecule has 0 aliphatic heterocycles. The summed E-state index contributed by atoms with van der Waals surface area (Å²) >= 11 is 0. The van der Waals surface area contributed by atoms with E-state index in [1.165, 1.54) is 12.1 Å². The van der Waals surface area contributed by atoms with E-state index < -0.39 is 0 Å². The Hall–Kier alpha value is 0.206. The van der Waals surface area contributed by atoms with Crippen LogP contribution >= 0.6 is 0 Å². The second-order valence-electron chi connectivity index (χ2n) is 1.21. The first-order valence-corrected chi connectivity index (χ1v) is 2.02. The molecule has 0 unspecified atom stereocenters. The zero-order valence-electron chi connectivity index (χ0n) is 4.77. The molecule has 0 nitrogen and oxygen atoms in total. The van der Waals surface area contributed by atoms with Gasteiger partial charge in [-0.25, -0.2) is 4.39 Å². The summed E-state index contributed by atoms with van der Waals surface area (Å²) in [5, 5.41) is 0. The van der Waals surface area contributed by atoms with Crippen molar-refractivity contribution in [1.29, 1.82) is 0 Å². The van der Waals surface area contributed by atoms with E-state index in [1.54, 1.807) is 12.1 Å². The van der Waals surface area contributed by atoms with Crippen LogP contribution in [0.25, 0.3) is 0 Å². The van der Waals surface area contributed by atoms with Crippen LogP contribution in [0.3, 0.4) is 0 Å². The third-order valence-corrected chi connectivity index (χ3v) is 0.671. The normalized spacial score (nSPS) is 6.78. The minimum absolute atomic E-state index is 0. The Morgan fingerprint density at radius 3 is 2.22 bits per heavy atom. The smallest absolute Gasteiger partial charge is 1.00 e. The average molecular weight is 155 g/mol. The van der Waals surface area contributed by atoms with E-state index in [4.69, 9.17) is 0 Å². The molecule has 0 saturated carbocycles. The molecule has 0 aliphatic carbocycles. The van der Waals surface area contributed by atoms with Crippen LogP contribution in [0.5, 0.6) is 0 Å². The third kappa shape index (κ3) is 4.69. The van der Waals surface area contributed by atoms with Gasteiger partial charge in [-0.05, 0) is 0 Å². The fourth-order valence-corrected chi connectivity index (χ4v) is 0.371. The Kier molecular flexibility index (Phi) is 8.39. The Bertz CT molecular complexity index is 143. The molecule has 0 fully saturated rings. The van der Waals surface area contributed by atoms with Crippen molar-refractivity contribution in [2.75, 3.05) is 0 Å². The maximum absolute atomic E-state index is 11.9. The summed E-state index contributed by atoms with van der Waals surface area (Å²) < 4.78 is 11.9. The molecule has 0 radical (unpaired) electrons. The molecule has 0 aliphatic rings. The summed E-state index contributed by atoms with van der Waals surface area (Å²) in [6.07, 6.45) is 0. The Balaban J connectivity index is 0. The molecule has 0 bridgehead atoms. The summed E-state index contributed by atoms with van der Waals surface area (Å²) in [6, 6.07) is 8.62. The maximum Gasteiger partial charge on any atom is 2.00 e. The van der Waals surface area contributed by atoms with Crippen molar-refractivity contribution in [3.63, 3.8) is 0 Å². The van der Waals surface area contributed by atoms with Gasteiger partial charge in [-0.2, -0.15) is 18.2 Å². The molecule has 0 aromatic heterocycles. The van der Waals surface area contributed by atoms with Gasteiger partial charge in [-0.3, -0.25) is 0 Å². The molecule has 0 saturated heterocycles. The van der Waals surface area contributed by atoms with Gasteiger partial charge in [0.1, 0.15) is 0 Å². The third-order valence-electron chi connectivity index (χ3n) is 0.671. The van der Waals surface area contributed by atoms with Crippen LogP contribution in [0, 0.1) is 11.9 Å². The summed E-state index contributed by atoms with van der Waals surface area (Å²) in [6.45, 7) is 0. The first-order chi connectivity index (χ1) is 3.39. The number of hydrogen-bond acceptors (Lipinski definition) is 0. The Morgan fingerprint density at radius 1 is 1.33 bits per heavy atom. The summed E-state index contributed by atoms with van der Waals surface area (Å²) in [4.78, 5) is 0. The van der Waals surface area contributed by atoms with Gasteiger partial charge in [0.25, 0.3) is 0 Å². The number of halogens is 2. The van der Waals surface area contributed by atoms with Crippen LogP contribution in [-0.2, 0) is 0 Å². The molecule has 1 aromatic rings. The van der Waals surface area contributed by atoms with E-state index >= 15 is 0 Å². The molecule has 3 heteroatoms. The standard InChI is InChI=1S/C6H4F.ClH.Mg/c7-6-4-2-1-3-5-6;;/h1-4H;1H;/q-1;;+2/p-1. The van der Waals surface area contributed by atoms with Crippen molar-refractivity contribution < 1.29 is 16.8 Å². The van der Waals surface area contributed by atoms with Gasteiger partial charge >= 0.3 is 23.1 Å². The van der Waals surface area contributed by atoms with Crippen LogP contribution in [0.2, 0.25) is 0 Å². The minimum Gasteiger partial charge on any atom is -1.00 e. The van der Waals surface area contributed by atoms with Crippen molar-refractivity contribution in [2.24, 2.45) is 0 Å². The number of rotatable bonds is 0. The summed E-state index contributed by atoms with van der Waals surface area (Å²) in [5.74, 6) is -0.303.